The molecule has 2 aromatic rings. The molecule has 1 amide bonds. The van der Waals surface area contributed by atoms with Crippen LogP contribution in [0.1, 0.15) is 23.4 Å². The van der Waals surface area contributed by atoms with Gasteiger partial charge < -0.3 is 4.90 Å². The normalized spacial score (nSPS) is 18.1. The van der Waals surface area contributed by atoms with E-state index in [1.54, 1.807) is 25.8 Å². The van der Waals surface area contributed by atoms with Crippen LogP contribution in [0.15, 0.2) is 35.2 Å². The summed E-state index contributed by atoms with van der Waals surface area (Å²) in [6, 6.07) is 8.94. The summed E-state index contributed by atoms with van der Waals surface area (Å²) in [5, 5.41) is 4.14. The SMILES string of the molecule is Cc1nn(C)c(C)c1S(=O)(=O)NC1CCN(Cc2ccccc2)C1=O. The maximum absolute atomic E-state index is 12.7. The van der Waals surface area contributed by atoms with Crippen molar-refractivity contribution in [3.05, 3.63) is 47.3 Å². The van der Waals surface area contributed by atoms with Gasteiger partial charge in [-0.25, -0.2) is 8.42 Å². The van der Waals surface area contributed by atoms with Crippen LogP contribution in [-0.4, -0.2) is 41.6 Å². The van der Waals surface area contributed by atoms with E-state index in [1.807, 2.05) is 30.3 Å². The van der Waals surface area contributed by atoms with Gasteiger partial charge in [0.15, 0.2) is 0 Å². The number of carbonyl (C=O) groups is 1. The van der Waals surface area contributed by atoms with Gasteiger partial charge in [0.05, 0.1) is 11.4 Å². The first-order valence-corrected chi connectivity index (χ1v) is 9.63. The highest BCUT2D eigenvalue weighted by Gasteiger charge is 2.36. The second-order valence-corrected chi connectivity index (χ2v) is 7.98. The lowest BCUT2D eigenvalue weighted by Gasteiger charge is -2.17. The molecule has 8 heteroatoms. The number of nitrogens with zero attached hydrogens (tertiary/aromatic N) is 3. The Bertz CT molecular complexity index is 890. The molecule has 25 heavy (non-hydrogen) atoms. The molecule has 2 heterocycles. The van der Waals surface area contributed by atoms with Gasteiger partial charge in [0.2, 0.25) is 15.9 Å². The first-order valence-electron chi connectivity index (χ1n) is 8.15. The van der Waals surface area contributed by atoms with Gasteiger partial charge in [-0.2, -0.15) is 9.82 Å². The minimum absolute atomic E-state index is 0.157. The van der Waals surface area contributed by atoms with Crippen molar-refractivity contribution < 1.29 is 13.2 Å². The number of hydrogen-bond acceptors (Lipinski definition) is 4. The van der Waals surface area contributed by atoms with Crippen LogP contribution in [-0.2, 0) is 28.4 Å². The van der Waals surface area contributed by atoms with Crippen LogP contribution in [0.3, 0.4) is 0 Å². The first kappa shape index (κ1) is 17.6. The zero-order chi connectivity index (χ0) is 18.2. The molecule has 0 radical (unpaired) electrons. The Balaban J connectivity index is 1.74. The van der Waals surface area contributed by atoms with Gasteiger partial charge in [-0.1, -0.05) is 30.3 Å². The number of carbonyl (C=O) groups excluding carboxylic acids is 1. The number of aryl methyl sites for hydroxylation is 2. The molecule has 0 bridgehead atoms. The molecule has 1 saturated heterocycles. The van der Waals surface area contributed by atoms with Gasteiger partial charge in [-0.15, -0.1) is 0 Å². The molecule has 0 spiro atoms. The molecule has 134 valence electrons. The van der Waals surface area contributed by atoms with Gasteiger partial charge in [-0.3, -0.25) is 9.48 Å². The van der Waals surface area contributed by atoms with Crippen molar-refractivity contribution in [2.75, 3.05) is 6.54 Å². The summed E-state index contributed by atoms with van der Waals surface area (Å²) in [5.74, 6) is -0.188. The second-order valence-electron chi connectivity index (χ2n) is 6.33. The first-order chi connectivity index (χ1) is 11.8. The molecular weight excluding hydrogens is 340 g/mol. The predicted octanol–water partition coefficient (Wildman–Crippen LogP) is 1.12. The third-order valence-corrected chi connectivity index (χ3v) is 6.25. The molecule has 1 fully saturated rings. The third kappa shape index (κ3) is 3.45. The molecule has 7 nitrogen and oxygen atoms in total. The molecular formula is C17H22N4O3S. The van der Waals surface area contributed by atoms with E-state index in [4.69, 9.17) is 0 Å². The van der Waals surface area contributed by atoms with Crippen molar-refractivity contribution in [3.63, 3.8) is 0 Å². The zero-order valence-electron chi connectivity index (χ0n) is 14.6. The number of aromatic nitrogens is 2. The quantitative estimate of drug-likeness (QED) is 0.864. The predicted molar refractivity (Wildman–Crippen MR) is 93.3 cm³/mol. The maximum atomic E-state index is 12.7. The Morgan fingerprint density at radius 1 is 1.24 bits per heavy atom. The fourth-order valence-electron chi connectivity index (χ4n) is 3.20. The van der Waals surface area contributed by atoms with E-state index in [0.717, 1.165) is 5.56 Å². The average Bonchev–Trinajstić information content (AvgIpc) is 3.01. The smallest absolute Gasteiger partial charge is 0.244 e. The van der Waals surface area contributed by atoms with Crippen molar-refractivity contribution in [2.45, 2.75) is 37.8 Å². The number of sulfonamides is 1. The van der Waals surface area contributed by atoms with E-state index in [0.29, 0.717) is 30.9 Å². The topological polar surface area (TPSA) is 84.3 Å². The van der Waals surface area contributed by atoms with Gasteiger partial charge >= 0.3 is 0 Å². The molecule has 0 aliphatic carbocycles. The van der Waals surface area contributed by atoms with Crippen molar-refractivity contribution in [2.24, 2.45) is 7.05 Å². The van der Waals surface area contributed by atoms with E-state index in [-0.39, 0.29) is 10.8 Å². The lowest BCUT2D eigenvalue weighted by atomic mass is 10.2. The van der Waals surface area contributed by atoms with Gasteiger partial charge in [-0.05, 0) is 25.8 Å². The van der Waals surface area contributed by atoms with Crippen LogP contribution in [0.25, 0.3) is 0 Å². The third-order valence-electron chi connectivity index (χ3n) is 4.52. The molecule has 1 aliphatic heterocycles. The Hall–Kier alpha value is -2.19. The van der Waals surface area contributed by atoms with Gasteiger partial charge in [0.25, 0.3) is 0 Å². The molecule has 1 aliphatic rings. The number of benzene rings is 1. The largest absolute Gasteiger partial charge is 0.337 e. The Kier molecular flexibility index (Phi) is 4.66. The molecule has 0 saturated carbocycles. The highest BCUT2D eigenvalue weighted by Crippen LogP contribution is 2.21. The van der Waals surface area contributed by atoms with Crippen molar-refractivity contribution >= 4 is 15.9 Å². The minimum Gasteiger partial charge on any atom is -0.337 e. The van der Waals surface area contributed by atoms with Crippen LogP contribution in [0.2, 0.25) is 0 Å². The van der Waals surface area contributed by atoms with Crippen LogP contribution in [0, 0.1) is 13.8 Å². The molecule has 1 N–H and O–H groups in total. The second kappa shape index (κ2) is 6.61. The molecule has 1 aromatic heterocycles. The summed E-state index contributed by atoms with van der Waals surface area (Å²) in [6.07, 6.45) is 0.462. The van der Waals surface area contributed by atoms with E-state index in [1.165, 1.54) is 4.68 Å². The van der Waals surface area contributed by atoms with E-state index < -0.39 is 16.1 Å². The highest BCUT2D eigenvalue weighted by molar-refractivity contribution is 7.89. The number of likely N-dealkylation sites (tertiary alicyclic amines) is 1. The van der Waals surface area contributed by atoms with Crippen molar-refractivity contribution in [1.82, 2.24) is 19.4 Å². The lowest BCUT2D eigenvalue weighted by Crippen LogP contribution is -2.41. The Morgan fingerprint density at radius 3 is 2.52 bits per heavy atom. The van der Waals surface area contributed by atoms with Crippen LogP contribution in [0.4, 0.5) is 0 Å². The van der Waals surface area contributed by atoms with Crippen molar-refractivity contribution in [1.29, 1.82) is 0 Å². The monoisotopic (exact) mass is 362 g/mol. The molecule has 1 unspecified atom stereocenters. The summed E-state index contributed by atoms with van der Waals surface area (Å²) in [7, 11) is -2.10. The van der Waals surface area contributed by atoms with Gasteiger partial charge in [0, 0.05) is 20.1 Å². The van der Waals surface area contributed by atoms with Crippen LogP contribution in [0.5, 0.6) is 0 Å². The van der Waals surface area contributed by atoms with Gasteiger partial charge in [0.1, 0.15) is 10.9 Å². The maximum Gasteiger partial charge on any atom is 0.244 e. The number of nitrogens with one attached hydrogen (secondary N) is 1. The molecule has 1 aromatic carbocycles. The summed E-state index contributed by atoms with van der Waals surface area (Å²) in [5.41, 5.74) is 2.01. The molecule has 3 rings (SSSR count). The number of rotatable bonds is 5. The highest BCUT2D eigenvalue weighted by atomic mass is 32.2. The standard InChI is InChI=1S/C17H22N4O3S/c1-12-16(13(2)20(3)18-12)25(23,24)19-15-9-10-21(17(15)22)11-14-7-5-4-6-8-14/h4-8,15,19H,9-11H2,1-3H3. The summed E-state index contributed by atoms with van der Waals surface area (Å²) >= 11 is 0. The van der Waals surface area contributed by atoms with E-state index >= 15 is 0 Å². The number of hydrogen-bond donors (Lipinski definition) is 1. The lowest BCUT2D eigenvalue weighted by molar-refractivity contribution is -0.129. The minimum atomic E-state index is -3.79. The van der Waals surface area contributed by atoms with E-state index in [9.17, 15) is 13.2 Å². The average molecular weight is 362 g/mol. The summed E-state index contributed by atoms with van der Waals surface area (Å²) < 4.78 is 29.5. The molecule has 1 atom stereocenters. The van der Waals surface area contributed by atoms with Crippen LogP contribution < -0.4 is 4.72 Å². The van der Waals surface area contributed by atoms with E-state index in [2.05, 4.69) is 9.82 Å². The Labute approximate surface area is 147 Å². The summed E-state index contributed by atoms with van der Waals surface area (Å²) in [4.78, 5) is 14.4. The zero-order valence-corrected chi connectivity index (χ0v) is 15.4. The Morgan fingerprint density at radius 2 is 1.92 bits per heavy atom. The fraction of sp³-hybridized carbons (Fsp3) is 0.412. The fourth-order valence-corrected chi connectivity index (χ4v) is 4.86. The van der Waals surface area contributed by atoms with Crippen LogP contribution >= 0.6 is 0 Å². The number of amides is 1. The van der Waals surface area contributed by atoms with Crippen molar-refractivity contribution in [3.8, 4) is 0 Å². The summed E-state index contributed by atoms with van der Waals surface area (Å²) in [6.45, 7) is 4.38.